The number of para-hydroxylation sites is 1. The van der Waals surface area contributed by atoms with Crippen LogP contribution < -0.4 is 5.32 Å². The van der Waals surface area contributed by atoms with Crippen LogP contribution in [0.15, 0.2) is 82.8 Å². The maximum absolute atomic E-state index is 13.6. The van der Waals surface area contributed by atoms with Gasteiger partial charge in [0.2, 0.25) is 5.91 Å². The molecule has 186 valence electrons. The van der Waals surface area contributed by atoms with Crippen molar-refractivity contribution in [3.8, 4) is 0 Å². The molecule has 3 rings (SSSR count). The number of hydrogen-bond donors (Lipinski definition) is 1. The smallest absolute Gasteiger partial charge is 0.254 e. The lowest BCUT2D eigenvalue weighted by Crippen LogP contribution is -2.49. The van der Waals surface area contributed by atoms with Crippen LogP contribution in [-0.4, -0.2) is 34.8 Å². The number of nitrogens with zero attached hydrogens (tertiary/aromatic N) is 3. The van der Waals surface area contributed by atoms with E-state index in [1.165, 1.54) is 29.2 Å². The van der Waals surface area contributed by atoms with Gasteiger partial charge >= 0.3 is 0 Å². The molecule has 0 aliphatic heterocycles. The Kier molecular flexibility index (Phi) is 8.75. The number of nitrogens with one attached hydrogen (secondary N) is 1. The highest BCUT2D eigenvalue weighted by molar-refractivity contribution is 6.30. The molecular weight excluding hydrogens is 479 g/mol. The molecule has 0 fully saturated rings. The van der Waals surface area contributed by atoms with Gasteiger partial charge in [0.15, 0.2) is 0 Å². The zero-order valence-corrected chi connectivity index (χ0v) is 21.4. The van der Waals surface area contributed by atoms with Crippen LogP contribution in [0.1, 0.15) is 49.7 Å². The lowest BCUT2D eigenvalue weighted by Gasteiger charge is -2.33. The van der Waals surface area contributed by atoms with Crippen LogP contribution in [0.2, 0.25) is 5.02 Å². The minimum absolute atomic E-state index is 0.269. The number of benzene rings is 3. The van der Waals surface area contributed by atoms with E-state index >= 15 is 0 Å². The first kappa shape index (κ1) is 26.8. The second-order valence-corrected chi connectivity index (χ2v) is 9.54. The van der Waals surface area contributed by atoms with Crippen LogP contribution in [0.4, 0.5) is 15.8 Å². The van der Waals surface area contributed by atoms with Crippen molar-refractivity contribution in [1.29, 1.82) is 0 Å². The van der Waals surface area contributed by atoms with E-state index in [1.807, 2.05) is 27.7 Å². The number of likely N-dealkylation sites (N-methyl/N-ethyl adjacent to an activating group) is 1. The second-order valence-electron chi connectivity index (χ2n) is 9.10. The van der Waals surface area contributed by atoms with Crippen LogP contribution in [0.3, 0.4) is 0 Å². The SMILES string of the molecule is CCN(C(=O)c1ccc(Cl)cc1)C(C(=O)NC(C)(C)C)c1ccccc1N=C=Nc1ccc(F)cc1. The Hall–Kier alpha value is -3.80. The van der Waals surface area contributed by atoms with Crippen molar-refractivity contribution in [3.05, 3.63) is 94.8 Å². The summed E-state index contributed by atoms with van der Waals surface area (Å²) < 4.78 is 13.2. The summed E-state index contributed by atoms with van der Waals surface area (Å²) in [6, 6.07) is 20.8. The van der Waals surface area contributed by atoms with Crippen molar-refractivity contribution >= 4 is 40.8 Å². The molecular formula is C28H28ClFN4O2. The molecule has 0 saturated heterocycles. The van der Waals surface area contributed by atoms with Gasteiger partial charge in [-0.3, -0.25) is 9.59 Å². The predicted octanol–water partition coefficient (Wildman–Crippen LogP) is 6.73. The molecule has 0 aliphatic rings. The molecule has 0 bridgehead atoms. The molecule has 6 nitrogen and oxygen atoms in total. The third kappa shape index (κ3) is 7.11. The Morgan fingerprint density at radius 1 is 1.00 bits per heavy atom. The summed E-state index contributed by atoms with van der Waals surface area (Å²) in [5.74, 6) is -1.03. The number of hydrogen-bond acceptors (Lipinski definition) is 4. The monoisotopic (exact) mass is 506 g/mol. The van der Waals surface area contributed by atoms with Crippen molar-refractivity contribution in [1.82, 2.24) is 10.2 Å². The average Bonchev–Trinajstić information content (AvgIpc) is 2.83. The molecule has 0 spiro atoms. The predicted molar refractivity (Wildman–Crippen MR) is 141 cm³/mol. The normalized spacial score (nSPS) is 11.7. The van der Waals surface area contributed by atoms with Gasteiger partial charge in [0.1, 0.15) is 17.9 Å². The average molecular weight is 507 g/mol. The van der Waals surface area contributed by atoms with E-state index < -0.39 is 11.6 Å². The Balaban J connectivity index is 2.07. The van der Waals surface area contributed by atoms with Crippen LogP contribution in [0, 0.1) is 5.82 Å². The zero-order valence-electron chi connectivity index (χ0n) is 20.6. The molecule has 3 aromatic carbocycles. The zero-order chi connectivity index (χ0) is 26.3. The third-order valence-electron chi connectivity index (χ3n) is 5.16. The molecule has 1 unspecified atom stereocenters. The van der Waals surface area contributed by atoms with Gasteiger partial charge in [0.25, 0.3) is 5.91 Å². The van der Waals surface area contributed by atoms with Gasteiger partial charge in [0, 0.05) is 28.2 Å². The topological polar surface area (TPSA) is 74.1 Å². The van der Waals surface area contributed by atoms with Crippen molar-refractivity contribution < 1.29 is 14.0 Å². The number of carbonyl (C=O) groups excluding carboxylic acids is 2. The van der Waals surface area contributed by atoms with Crippen LogP contribution in [0.25, 0.3) is 0 Å². The molecule has 36 heavy (non-hydrogen) atoms. The van der Waals surface area contributed by atoms with E-state index in [4.69, 9.17) is 11.6 Å². The maximum atomic E-state index is 13.6. The first-order valence-electron chi connectivity index (χ1n) is 11.5. The maximum Gasteiger partial charge on any atom is 0.254 e. The summed E-state index contributed by atoms with van der Waals surface area (Å²) in [6.45, 7) is 7.70. The summed E-state index contributed by atoms with van der Waals surface area (Å²) in [5, 5.41) is 3.50. The van der Waals surface area contributed by atoms with Gasteiger partial charge < -0.3 is 10.2 Å². The van der Waals surface area contributed by atoms with Gasteiger partial charge in [-0.15, -0.1) is 0 Å². The highest BCUT2D eigenvalue weighted by Crippen LogP contribution is 2.31. The van der Waals surface area contributed by atoms with Crippen molar-refractivity contribution in [3.63, 3.8) is 0 Å². The van der Waals surface area contributed by atoms with E-state index in [2.05, 4.69) is 21.3 Å². The highest BCUT2D eigenvalue weighted by Gasteiger charge is 2.34. The summed E-state index contributed by atoms with van der Waals surface area (Å²) in [5.41, 5.74) is 1.31. The van der Waals surface area contributed by atoms with Gasteiger partial charge in [0.05, 0.1) is 11.4 Å². The van der Waals surface area contributed by atoms with E-state index in [-0.39, 0.29) is 24.2 Å². The first-order chi connectivity index (χ1) is 17.1. The van der Waals surface area contributed by atoms with Gasteiger partial charge in [-0.25, -0.2) is 4.39 Å². The number of halogens is 2. The third-order valence-corrected chi connectivity index (χ3v) is 5.41. The Labute approximate surface area is 215 Å². The number of aliphatic imine (C=N–C) groups is 2. The van der Waals surface area contributed by atoms with E-state index in [0.29, 0.717) is 27.5 Å². The molecule has 0 radical (unpaired) electrons. The Morgan fingerprint density at radius 2 is 1.64 bits per heavy atom. The lowest BCUT2D eigenvalue weighted by atomic mass is 9.99. The summed E-state index contributed by atoms with van der Waals surface area (Å²) in [6.07, 6.45) is 0. The number of amides is 2. The molecule has 1 atom stereocenters. The summed E-state index contributed by atoms with van der Waals surface area (Å²) in [7, 11) is 0. The van der Waals surface area contributed by atoms with Crippen LogP contribution in [-0.2, 0) is 4.79 Å². The van der Waals surface area contributed by atoms with E-state index in [9.17, 15) is 14.0 Å². The van der Waals surface area contributed by atoms with Gasteiger partial charge in [-0.05, 0) is 82.3 Å². The molecule has 0 aliphatic carbocycles. The highest BCUT2D eigenvalue weighted by atomic mass is 35.5. The number of rotatable bonds is 7. The van der Waals surface area contributed by atoms with Gasteiger partial charge in [-0.1, -0.05) is 29.8 Å². The molecule has 8 heteroatoms. The first-order valence-corrected chi connectivity index (χ1v) is 11.9. The molecule has 0 aromatic heterocycles. The lowest BCUT2D eigenvalue weighted by molar-refractivity contribution is -0.127. The van der Waals surface area contributed by atoms with Crippen molar-refractivity contribution in [2.24, 2.45) is 9.98 Å². The Morgan fingerprint density at radius 3 is 2.25 bits per heavy atom. The minimum atomic E-state index is -0.968. The van der Waals surface area contributed by atoms with Gasteiger partial charge in [-0.2, -0.15) is 9.98 Å². The van der Waals surface area contributed by atoms with Crippen LogP contribution in [0.5, 0.6) is 0 Å². The molecule has 2 amide bonds. The molecule has 0 heterocycles. The second kappa shape index (κ2) is 11.8. The summed E-state index contributed by atoms with van der Waals surface area (Å²) in [4.78, 5) is 37.1. The standard InChI is InChI=1S/C28H28ClFN4O2/c1-5-34(27(36)19-10-12-20(29)13-11-19)25(26(35)33-28(2,3)4)23-8-6-7-9-24(23)32-18-31-22-16-14-21(30)15-17-22/h6-17,25H,5H2,1-4H3,(H,33,35). The quantitative estimate of drug-likeness (QED) is 0.360. The van der Waals surface area contributed by atoms with Crippen LogP contribution >= 0.6 is 11.6 Å². The molecule has 3 aromatic rings. The van der Waals surface area contributed by atoms with E-state index in [1.54, 1.807) is 48.5 Å². The number of carbonyl (C=O) groups is 2. The Bertz CT molecular complexity index is 1280. The van der Waals surface area contributed by atoms with Crippen molar-refractivity contribution in [2.75, 3.05) is 6.54 Å². The molecule has 1 N–H and O–H groups in total. The molecule has 0 saturated carbocycles. The summed E-state index contributed by atoms with van der Waals surface area (Å²) >= 11 is 6.00. The largest absolute Gasteiger partial charge is 0.349 e. The fraction of sp³-hybridized carbons (Fsp3) is 0.250. The fourth-order valence-electron chi connectivity index (χ4n) is 3.56. The van der Waals surface area contributed by atoms with Crippen molar-refractivity contribution in [2.45, 2.75) is 39.3 Å². The minimum Gasteiger partial charge on any atom is -0.349 e. The fourth-order valence-corrected chi connectivity index (χ4v) is 3.69. The van der Waals surface area contributed by atoms with E-state index in [0.717, 1.165) is 0 Å².